The van der Waals surface area contributed by atoms with Crippen molar-refractivity contribution < 1.29 is 16.5 Å². The van der Waals surface area contributed by atoms with E-state index in [1.54, 1.807) is 0 Å². The van der Waals surface area contributed by atoms with Gasteiger partial charge < -0.3 is 0 Å². The zero-order valence-corrected chi connectivity index (χ0v) is 31.9. The van der Waals surface area contributed by atoms with Crippen LogP contribution in [0.3, 0.4) is 0 Å². The molecule has 0 spiro atoms. The van der Waals surface area contributed by atoms with Gasteiger partial charge in [0.25, 0.3) is 0 Å². The average molecular weight is 674 g/mol. The molecule has 0 aliphatic carbocycles. The number of hydrogen-bond donors (Lipinski definition) is 0. The Morgan fingerprint density at radius 3 is 0.957 bits per heavy atom. The molecule has 2 aromatic rings. The van der Waals surface area contributed by atoms with E-state index < -0.39 is 0 Å². The zero-order valence-electron chi connectivity index (χ0n) is 30.9. The Labute approximate surface area is 296 Å². The molecule has 0 aliphatic heterocycles. The number of nitrogens with zero attached hydrogens (tertiary/aromatic N) is 2. The topological polar surface area (TPSA) is 24.7 Å². The van der Waals surface area contributed by atoms with Gasteiger partial charge in [-0.1, -0.05) is 124 Å². The van der Waals surface area contributed by atoms with E-state index in [4.69, 9.17) is 9.98 Å². The average Bonchev–Trinajstić information content (AvgIpc) is 3.03. The molecule has 262 valence electrons. The Bertz CT molecular complexity index is 1060. The molecule has 0 aliphatic rings. The van der Waals surface area contributed by atoms with Gasteiger partial charge in [-0.2, -0.15) is 0 Å². The largest absolute Gasteiger partial charge is 0.252 e. The fraction of sp³-hybridized carbons (Fsp3) is 0.674. The molecule has 2 aromatic carbocycles. The summed E-state index contributed by atoms with van der Waals surface area (Å²) in [5.74, 6) is 0. The van der Waals surface area contributed by atoms with Crippen LogP contribution in [0.5, 0.6) is 0 Å². The molecular formula is C43H70N2Ni. The van der Waals surface area contributed by atoms with Crippen molar-refractivity contribution in [3.05, 3.63) is 58.7 Å². The van der Waals surface area contributed by atoms with E-state index >= 15 is 0 Å². The van der Waals surface area contributed by atoms with Crippen molar-refractivity contribution in [2.24, 2.45) is 9.98 Å². The Hall–Kier alpha value is -1.73. The van der Waals surface area contributed by atoms with Crippen molar-refractivity contribution in [3.63, 3.8) is 0 Å². The maximum atomic E-state index is 5.51. The van der Waals surface area contributed by atoms with Crippen LogP contribution >= 0.6 is 0 Å². The first-order valence-corrected chi connectivity index (χ1v) is 19.5. The van der Waals surface area contributed by atoms with Crippen LogP contribution < -0.4 is 0 Å². The summed E-state index contributed by atoms with van der Waals surface area (Å²) in [6, 6.07) is 14.5. The summed E-state index contributed by atoms with van der Waals surface area (Å²) in [6.07, 6.45) is 27.9. The Balaban J connectivity index is 0.0000106. The van der Waals surface area contributed by atoms with Crippen LogP contribution in [0.25, 0.3) is 0 Å². The molecule has 0 saturated carbocycles. The molecule has 3 heteroatoms. The molecule has 0 amide bonds. The van der Waals surface area contributed by atoms with Gasteiger partial charge in [0.05, 0.1) is 22.8 Å². The number of aryl methyl sites for hydroxylation is 4. The summed E-state index contributed by atoms with van der Waals surface area (Å²) >= 11 is 0. The van der Waals surface area contributed by atoms with Gasteiger partial charge in [0.1, 0.15) is 0 Å². The molecule has 2 rings (SSSR count). The van der Waals surface area contributed by atoms with E-state index in [9.17, 15) is 0 Å². The van der Waals surface area contributed by atoms with E-state index in [-0.39, 0.29) is 16.5 Å². The summed E-state index contributed by atoms with van der Waals surface area (Å²) < 4.78 is 0. The predicted octanol–water partition coefficient (Wildman–Crippen LogP) is 14.2. The van der Waals surface area contributed by atoms with Crippen LogP contribution in [0, 0.1) is 0 Å². The van der Waals surface area contributed by atoms with Gasteiger partial charge in [0, 0.05) is 16.5 Å². The first kappa shape index (κ1) is 42.3. The van der Waals surface area contributed by atoms with Gasteiger partial charge >= 0.3 is 0 Å². The SMILES string of the molecule is CCCCCC(=Nc1cc(CCCCC)cc(CCCCC)c1)C(CCCC)=Nc1cc(CCCCC)cc(CCCCC)c1.[Ni]. The first-order chi connectivity index (χ1) is 22.1. The van der Waals surface area contributed by atoms with Crippen molar-refractivity contribution in [3.8, 4) is 0 Å². The second-order valence-electron chi connectivity index (χ2n) is 13.5. The summed E-state index contributed by atoms with van der Waals surface area (Å²) in [5.41, 5.74) is 10.6. The number of aliphatic imine (C=N–C) groups is 2. The van der Waals surface area contributed by atoms with Gasteiger partial charge in [-0.05, 0) is 124 Å². The molecule has 0 aromatic heterocycles. The predicted molar refractivity (Wildman–Crippen MR) is 204 cm³/mol. The Morgan fingerprint density at radius 1 is 0.370 bits per heavy atom. The summed E-state index contributed by atoms with van der Waals surface area (Å²) in [4.78, 5) is 11.0. The van der Waals surface area contributed by atoms with Gasteiger partial charge in [-0.15, -0.1) is 0 Å². The zero-order chi connectivity index (χ0) is 32.5. The van der Waals surface area contributed by atoms with E-state index in [0.717, 1.165) is 56.3 Å². The molecule has 0 radical (unpaired) electrons. The molecule has 0 heterocycles. The minimum absolute atomic E-state index is 0. The Kier molecular flexibility index (Phi) is 25.1. The Morgan fingerprint density at radius 2 is 0.652 bits per heavy atom. The minimum Gasteiger partial charge on any atom is -0.252 e. The van der Waals surface area contributed by atoms with Crippen molar-refractivity contribution >= 4 is 22.8 Å². The van der Waals surface area contributed by atoms with Crippen LogP contribution in [-0.2, 0) is 42.2 Å². The minimum atomic E-state index is 0. The second-order valence-corrected chi connectivity index (χ2v) is 13.5. The van der Waals surface area contributed by atoms with Gasteiger partial charge in [-0.25, -0.2) is 0 Å². The monoisotopic (exact) mass is 672 g/mol. The number of hydrogen-bond acceptors (Lipinski definition) is 2. The fourth-order valence-electron chi connectivity index (χ4n) is 6.24. The van der Waals surface area contributed by atoms with Crippen LogP contribution in [-0.4, -0.2) is 11.4 Å². The third kappa shape index (κ3) is 18.0. The number of benzene rings is 2. The number of rotatable bonds is 26. The molecule has 0 atom stereocenters. The van der Waals surface area contributed by atoms with Crippen LogP contribution in [0.2, 0.25) is 0 Å². The molecule has 0 fully saturated rings. The third-order valence-corrected chi connectivity index (χ3v) is 9.00. The van der Waals surface area contributed by atoms with Gasteiger partial charge in [0.15, 0.2) is 0 Å². The second kappa shape index (κ2) is 27.2. The summed E-state index contributed by atoms with van der Waals surface area (Å²) in [5, 5.41) is 0. The smallest absolute Gasteiger partial charge is 0.0639 e. The maximum absolute atomic E-state index is 5.51. The van der Waals surface area contributed by atoms with Crippen LogP contribution in [0.15, 0.2) is 46.4 Å². The van der Waals surface area contributed by atoms with Gasteiger partial charge in [0.2, 0.25) is 0 Å². The normalized spacial score (nSPS) is 12.0. The van der Waals surface area contributed by atoms with Crippen LogP contribution in [0.4, 0.5) is 11.4 Å². The number of unbranched alkanes of at least 4 members (excludes halogenated alkanes) is 11. The van der Waals surface area contributed by atoms with Crippen molar-refractivity contribution in [2.45, 2.75) is 189 Å². The standard InChI is InChI=1S/C43H70N2.Ni/c1-7-13-19-24-36-30-37(25-20-14-8-2)33-40(32-36)44-42(28-18-12-6)43(29-23-17-11-5)45-41-34-38(26-21-15-9-3)31-39(35-41)27-22-16-10-4;/h30-35H,7-29H2,1-6H3;. The maximum Gasteiger partial charge on any atom is 0.0639 e. The summed E-state index contributed by atoms with van der Waals surface area (Å²) in [7, 11) is 0. The molecule has 0 N–H and O–H groups in total. The van der Waals surface area contributed by atoms with E-state index in [2.05, 4.69) is 77.9 Å². The molecule has 2 nitrogen and oxygen atoms in total. The fourth-order valence-corrected chi connectivity index (χ4v) is 6.24. The van der Waals surface area contributed by atoms with Crippen molar-refractivity contribution in [1.82, 2.24) is 0 Å². The van der Waals surface area contributed by atoms with E-state index in [0.29, 0.717) is 0 Å². The summed E-state index contributed by atoms with van der Waals surface area (Å²) in [6.45, 7) is 13.8. The molecular weight excluding hydrogens is 603 g/mol. The van der Waals surface area contributed by atoms with Crippen LogP contribution in [0.1, 0.15) is 186 Å². The quantitative estimate of drug-likeness (QED) is 0.0539. The first-order valence-electron chi connectivity index (χ1n) is 19.5. The van der Waals surface area contributed by atoms with E-state index in [1.807, 2.05) is 0 Å². The molecule has 46 heavy (non-hydrogen) atoms. The van der Waals surface area contributed by atoms with Crippen molar-refractivity contribution in [2.75, 3.05) is 0 Å². The van der Waals surface area contributed by atoms with Crippen molar-refractivity contribution in [1.29, 1.82) is 0 Å². The van der Waals surface area contributed by atoms with Gasteiger partial charge in [-0.3, -0.25) is 9.98 Å². The van der Waals surface area contributed by atoms with E-state index in [1.165, 1.54) is 136 Å². The third-order valence-electron chi connectivity index (χ3n) is 9.00. The molecule has 0 bridgehead atoms. The molecule has 0 unspecified atom stereocenters. The molecule has 0 saturated heterocycles.